The first-order valence-corrected chi connectivity index (χ1v) is 10.5. The first kappa shape index (κ1) is 21.6. The number of nitrogens with zero attached hydrogens (tertiary/aromatic N) is 1. The zero-order valence-electron chi connectivity index (χ0n) is 16.0. The molecule has 0 aliphatic carbocycles. The zero-order valence-corrected chi connectivity index (χ0v) is 17.6. The Bertz CT molecular complexity index is 968. The Morgan fingerprint density at radius 3 is 2.25 bits per heavy atom. The highest BCUT2D eigenvalue weighted by atomic mass is 32.2. The zero-order chi connectivity index (χ0) is 20.7. The number of rotatable bonds is 6. The molecule has 0 amide bonds. The van der Waals surface area contributed by atoms with Crippen molar-refractivity contribution < 1.29 is 27.5 Å². The molecule has 0 saturated heterocycles. The van der Waals surface area contributed by atoms with Gasteiger partial charge in [0.15, 0.2) is 21.3 Å². The highest BCUT2D eigenvalue weighted by Gasteiger charge is 2.18. The highest BCUT2D eigenvalue weighted by molar-refractivity contribution is 8.15. The molecule has 0 bridgehead atoms. The maximum Gasteiger partial charge on any atom is 0.367 e. The lowest BCUT2D eigenvalue weighted by Crippen LogP contribution is -2.14. The third kappa shape index (κ3) is 5.43. The summed E-state index contributed by atoms with van der Waals surface area (Å²) in [6.45, 7) is 1.95. The number of methoxy groups -OCH3 is 3. The van der Waals surface area contributed by atoms with Crippen LogP contribution in [0.15, 0.2) is 57.4 Å². The number of ether oxygens (including phenoxy) is 3. The molecule has 0 heterocycles. The largest absolute Gasteiger partial charge is 0.493 e. The molecule has 28 heavy (non-hydrogen) atoms. The highest BCUT2D eigenvalue weighted by Crippen LogP contribution is 2.30. The Labute approximate surface area is 168 Å². The second-order valence-corrected chi connectivity index (χ2v) is 8.42. The predicted molar refractivity (Wildman–Crippen MR) is 111 cm³/mol. The first-order chi connectivity index (χ1) is 13.3. The number of carbonyl (C=O) groups excluding carboxylic acids is 1. The van der Waals surface area contributed by atoms with Crippen LogP contribution < -0.4 is 9.47 Å². The van der Waals surface area contributed by atoms with Crippen molar-refractivity contribution in [3.8, 4) is 11.5 Å². The van der Waals surface area contributed by atoms with Gasteiger partial charge in [-0.3, -0.25) is 4.28 Å². The molecule has 0 aliphatic rings. The van der Waals surface area contributed by atoms with Crippen molar-refractivity contribution >= 4 is 38.4 Å². The Hall–Kier alpha value is -2.65. The quantitative estimate of drug-likeness (QED) is 0.176. The van der Waals surface area contributed by atoms with Gasteiger partial charge in [-0.05, 0) is 37.1 Å². The van der Waals surface area contributed by atoms with E-state index in [1.54, 1.807) is 6.07 Å². The summed E-state index contributed by atoms with van der Waals surface area (Å²) in [5.74, 6) is 3.71. The van der Waals surface area contributed by atoms with E-state index < -0.39 is 15.8 Å². The fourth-order valence-electron chi connectivity index (χ4n) is 2.05. The lowest BCUT2D eigenvalue weighted by Gasteiger charge is -2.12. The lowest BCUT2D eigenvalue weighted by molar-refractivity contribution is -0.132. The van der Waals surface area contributed by atoms with Gasteiger partial charge in [-0.1, -0.05) is 34.6 Å². The van der Waals surface area contributed by atoms with Crippen LogP contribution in [0.1, 0.15) is 5.56 Å². The summed E-state index contributed by atoms with van der Waals surface area (Å²) < 4.78 is 33.1. The van der Waals surface area contributed by atoms with Gasteiger partial charge in [0.25, 0.3) is 0 Å². The molecule has 9 heteroatoms. The number of aryl methyl sites for hydroxylation is 1. The van der Waals surface area contributed by atoms with E-state index in [-0.39, 0.29) is 9.94 Å². The Balaban J connectivity index is 2.29. The van der Waals surface area contributed by atoms with Crippen LogP contribution in [0.5, 0.6) is 11.5 Å². The molecule has 0 radical (unpaired) electrons. The van der Waals surface area contributed by atoms with Crippen LogP contribution in [0.25, 0.3) is 0 Å². The molecular formula is C19H21NO6S2. The first-order valence-electron chi connectivity index (χ1n) is 7.99. The Kier molecular flexibility index (Phi) is 7.36. The van der Waals surface area contributed by atoms with Gasteiger partial charge in [0.05, 0.1) is 26.2 Å². The Morgan fingerprint density at radius 2 is 1.68 bits per heavy atom. The van der Waals surface area contributed by atoms with Crippen molar-refractivity contribution in [2.24, 2.45) is 5.16 Å². The molecule has 0 fully saturated rings. The van der Waals surface area contributed by atoms with Crippen LogP contribution in [0.2, 0.25) is 0 Å². The normalized spacial score (nSPS) is 13.4. The fourth-order valence-corrected chi connectivity index (χ4v) is 3.68. The molecule has 0 saturated carbocycles. The van der Waals surface area contributed by atoms with Crippen LogP contribution in [-0.2, 0) is 23.6 Å². The lowest BCUT2D eigenvalue weighted by atomic mass is 10.2. The molecule has 0 spiro atoms. The maximum atomic E-state index is 12.9. The second kappa shape index (κ2) is 9.52. The van der Waals surface area contributed by atoms with E-state index in [1.807, 2.05) is 31.2 Å². The number of hydrogen-bond donors (Lipinski definition) is 0. The number of benzene rings is 2. The van der Waals surface area contributed by atoms with E-state index in [9.17, 15) is 9.00 Å². The molecular weight excluding hydrogens is 402 g/mol. The molecule has 2 aromatic rings. The minimum absolute atomic E-state index is 0.108. The third-order valence-electron chi connectivity index (χ3n) is 3.55. The third-order valence-corrected chi connectivity index (χ3v) is 5.78. The number of esters is 1. The summed E-state index contributed by atoms with van der Waals surface area (Å²) in [5.41, 5.74) is 1.08. The number of thioether (sulfide) groups is 1. The van der Waals surface area contributed by atoms with Gasteiger partial charge in [0, 0.05) is 11.0 Å². The topological polar surface area (TPSA) is 83.4 Å². The van der Waals surface area contributed by atoms with Gasteiger partial charge in [0.2, 0.25) is 5.04 Å². The molecule has 150 valence electrons. The van der Waals surface area contributed by atoms with E-state index in [1.165, 1.54) is 33.5 Å². The van der Waals surface area contributed by atoms with Crippen molar-refractivity contribution in [1.82, 2.24) is 0 Å². The van der Waals surface area contributed by atoms with Crippen molar-refractivity contribution in [1.29, 1.82) is 0 Å². The molecule has 1 unspecified atom stereocenters. The summed E-state index contributed by atoms with van der Waals surface area (Å²) >= 11 is 1.03. The summed E-state index contributed by atoms with van der Waals surface area (Å²) in [5, 5.41) is 3.65. The summed E-state index contributed by atoms with van der Waals surface area (Å²) in [7, 11) is 0.876. The summed E-state index contributed by atoms with van der Waals surface area (Å²) in [6.07, 6.45) is 0. The summed E-state index contributed by atoms with van der Waals surface area (Å²) in [6, 6.07) is 12.0. The fraction of sp³-hybridized carbons (Fsp3) is 0.211. The van der Waals surface area contributed by atoms with E-state index in [2.05, 4.69) is 11.0 Å². The minimum atomic E-state index is -3.30. The standard InChI is InChI=1S/C19H21NO6S2/c1-13-6-8-14(9-7-13)27-18(19(21)25-4)20-26-28(5,22)15-10-11-16(23-2)17(12-15)24-3/h6-12H,5H2,1-4H3. The smallest absolute Gasteiger partial charge is 0.367 e. The van der Waals surface area contributed by atoms with Gasteiger partial charge >= 0.3 is 5.97 Å². The van der Waals surface area contributed by atoms with Crippen molar-refractivity contribution in [3.05, 3.63) is 48.0 Å². The van der Waals surface area contributed by atoms with Crippen LogP contribution in [0, 0.1) is 6.92 Å². The molecule has 1 atom stereocenters. The van der Waals surface area contributed by atoms with E-state index in [4.69, 9.17) is 18.5 Å². The van der Waals surface area contributed by atoms with Gasteiger partial charge in [-0.15, -0.1) is 0 Å². The van der Waals surface area contributed by atoms with Gasteiger partial charge in [0.1, 0.15) is 0 Å². The van der Waals surface area contributed by atoms with Crippen molar-refractivity contribution in [3.63, 3.8) is 0 Å². The molecule has 0 N–H and O–H groups in total. The summed E-state index contributed by atoms with van der Waals surface area (Å²) in [4.78, 5) is 13.0. The van der Waals surface area contributed by atoms with E-state index in [0.29, 0.717) is 11.5 Å². The van der Waals surface area contributed by atoms with Crippen molar-refractivity contribution in [2.75, 3.05) is 21.3 Å². The number of hydrogen-bond acceptors (Lipinski definition) is 8. The molecule has 7 nitrogen and oxygen atoms in total. The second-order valence-electron chi connectivity index (χ2n) is 5.51. The van der Waals surface area contributed by atoms with Crippen LogP contribution in [0.3, 0.4) is 0 Å². The van der Waals surface area contributed by atoms with Crippen molar-refractivity contribution in [2.45, 2.75) is 16.7 Å². The number of oxime groups is 1. The van der Waals surface area contributed by atoms with Crippen LogP contribution >= 0.6 is 11.8 Å². The van der Waals surface area contributed by atoms with Gasteiger partial charge in [-0.2, -0.15) is 0 Å². The average molecular weight is 424 g/mol. The minimum Gasteiger partial charge on any atom is -0.493 e. The van der Waals surface area contributed by atoms with E-state index in [0.717, 1.165) is 22.2 Å². The molecule has 0 aromatic heterocycles. The van der Waals surface area contributed by atoms with Gasteiger partial charge < -0.3 is 14.2 Å². The Morgan fingerprint density at radius 1 is 1.04 bits per heavy atom. The monoisotopic (exact) mass is 423 g/mol. The van der Waals surface area contributed by atoms with Crippen LogP contribution in [0.4, 0.5) is 0 Å². The van der Waals surface area contributed by atoms with E-state index >= 15 is 0 Å². The maximum absolute atomic E-state index is 12.9. The average Bonchev–Trinajstić information content (AvgIpc) is 2.71. The van der Waals surface area contributed by atoms with Gasteiger partial charge in [-0.25, -0.2) is 9.00 Å². The van der Waals surface area contributed by atoms with Crippen LogP contribution in [-0.4, -0.2) is 42.4 Å². The number of carbonyl (C=O) groups is 1. The SMILES string of the molecule is C=S(=O)(ON=C(Sc1ccc(C)cc1)C(=O)OC)c1ccc(OC)c(OC)c1. The predicted octanol–water partition coefficient (Wildman–Crippen LogP) is 3.30. The molecule has 0 aliphatic heterocycles. The molecule has 2 rings (SSSR count). The molecule has 2 aromatic carbocycles.